The Labute approximate surface area is 152 Å². The Balaban J connectivity index is 2.20. The third-order valence-corrected chi connectivity index (χ3v) is 6.78. The number of sulfonamides is 1. The molecule has 0 bridgehead atoms. The van der Waals surface area contributed by atoms with E-state index in [2.05, 4.69) is 20.8 Å². The summed E-state index contributed by atoms with van der Waals surface area (Å²) in [5.41, 5.74) is 0. The summed E-state index contributed by atoms with van der Waals surface area (Å²) in [5, 5.41) is 9.61. The van der Waals surface area contributed by atoms with Crippen LogP contribution >= 0.6 is 15.9 Å². The van der Waals surface area contributed by atoms with Gasteiger partial charge in [-0.25, -0.2) is 8.42 Å². The van der Waals surface area contributed by atoms with E-state index in [0.717, 1.165) is 6.42 Å². The molecule has 1 N–H and O–H groups in total. The maximum Gasteiger partial charge on any atom is 0.243 e. The number of methoxy groups -OCH3 is 1. The van der Waals surface area contributed by atoms with Gasteiger partial charge in [0.15, 0.2) is 0 Å². The van der Waals surface area contributed by atoms with Crippen LogP contribution in [0.4, 0.5) is 0 Å². The van der Waals surface area contributed by atoms with E-state index in [1.807, 2.05) is 6.92 Å². The largest absolute Gasteiger partial charge is 0.496 e. The molecule has 0 radical (unpaired) electrons. The van der Waals surface area contributed by atoms with E-state index in [4.69, 9.17) is 4.74 Å². The highest BCUT2D eigenvalue weighted by Crippen LogP contribution is 2.29. The van der Waals surface area contributed by atoms with Gasteiger partial charge in [-0.3, -0.25) is 4.90 Å². The maximum absolute atomic E-state index is 12.9. The van der Waals surface area contributed by atoms with Crippen LogP contribution in [-0.4, -0.2) is 68.2 Å². The topological polar surface area (TPSA) is 70.1 Å². The standard InChI is InChI=1S/C16H25BrN2O4S/c1-4-13-11-19(8-7-18(13)10-12(2)20)24(21,22)14-5-6-16(23-3)15(17)9-14/h5-6,9,12-13,20H,4,7-8,10-11H2,1-3H3/t12-,13+/m0/s1. The molecule has 0 amide bonds. The predicted octanol–water partition coefficient (Wildman–Crippen LogP) is 1.92. The molecule has 2 rings (SSSR count). The van der Waals surface area contributed by atoms with Crippen LogP contribution in [0.3, 0.4) is 0 Å². The van der Waals surface area contributed by atoms with Crippen LogP contribution in [0.25, 0.3) is 0 Å². The highest BCUT2D eigenvalue weighted by Gasteiger charge is 2.33. The quantitative estimate of drug-likeness (QED) is 0.760. The lowest BCUT2D eigenvalue weighted by Gasteiger charge is -2.41. The third kappa shape index (κ3) is 4.29. The number of aliphatic hydroxyl groups is 1. The first-order valence-corrected chi connectivity index (χ1v) is 10.3. The van der Waals surface area contributed by atoms with Crippen molar-refractivity contribution in [2.45, 2.75) is 37.3 Å². The molecule has 2 atom stereocenters. The molecule has 1 aromatic rings. The number of β-amino-alcohol motifs (C(OH)–C–C–N with tert-alkyl or cyclic N) is 1. The molecular weight excluding hydrogens is 396 g/mol. The molecular formula is C16H25BrN2O4S. The Morgan fingerprint density at radius 1 is 1.42 bits per heavy atom. The zero-order valence-corrected chi connectivity index (χ0v) is 16.7. The van der Waals surface area contributed by atoms with Gasteiger partial charge in [-0.2, -0.15) is 4.31 Å². The lowest BCUT2D eigenvalue weighted by molar-refractivity contribution is 0.0613. The number of aliphatic hydroxyl groups excluding tert-OH is 1. The average molecular weight is 421 g/mol. The monoisotopic (exact) mass is 420 g/mol. The summed E-state index contributed by atoms with van der Waals surface area (Å²) < 4.78 is 33.2. The number of ether oxygens (including phenoxy) is 1. The summed E-state index contributed by atoms with van der Waals surface area (Å²) in [6, 6.07) is 4.92. The molecule has 1 fully saturated rings. The van der Waals surface area contributed by atoms with E-state index in [1.165, 1.54) is 4.31 Å². The number of hydrogen-bond acceptors (Lipinski definition) is 5. The van der Waals surface area contributed by atoms with Crippen LogP contribution in [0, 0.1) is 0 Å². The normalized spacial score (nSPS) is 21.6. The van der Waals surface area contributed by atoms with Crippen molar-refractivity contribution in [2.75, 3.05) is 33.3 Å². The van der Waals surface area contributed by atoms with Gasteiger partial charge in [-0.05, 0) is 47.5 Å². The molecule has 1 saturated heterocycles. The van der Waals surface area contributed by atoms with E-state index >= 15 is 0 Å². The summed E-state index contributed by atoms with van der Waals surface area (Å²) in [7, 11) is -2.00. The van der Waals surface area contributed by atoms with Gasteiger partial charge in [-0.1, -0.05) is 6.92 Å². The van der Waals surface area contributed by atoms with Crippen molar-refractivity contribution in [3.63, 3.8) is 0 Å². The van der Waals surface area contributed by atoms with Gasteiger partial charge in [0.2, 0.25) is 10.0 Å². The van der Waals surface area contributed by atoms with Crippen molar-refractivity contribution in [3.05, 3.63) is 22.7 Å². The second kappa shape index (κ2) is 8.14. The molecule has 0 saturated carbocycles. The van der Waals surface area contributed by atoms with Crippen molar-refractivity contribution in [3.8, 4) is 5.75 Å². The number of hydrogen-bond donors (Lipinski definition) is 1. The third-order valence-electron chi connectivity index (χ3n) is 4.30. The van der Waals surface area contributed by atoms with Crippen LogP contribution < -0.4 is 4.74 Å². The van der Waals surface area contributed by atoms with Gasteiger partial charge in [0.25, 0.3) is 0 Å². The number of halogens is 1. The molecule has 1 aromatic carbocycles. The van der Waals surface area contributed by atoms with Gasteiger partial charge in [-0.15, -0.1) is 0 Å². The van der Waals surface area contributed by atoms with E-state index in [1.54, 1.807) is 32.2 Å². The number of nitrogens with zero attached hydrogens (tertiary/aromatic N) is 2. The Kier molecular flexibility index (Phi) is 6.66. The van der Waals surface area contributed by atoms with Crippen LogP contribution in [-0.2, 0) is 10.0 Å². The zero-order valence-electron chi connectivity index (χ0n) is 14.3. The van der Waals surface area contributed by atoms with Crippen molar-refractivity contribution in [1.29, 1.82) is 0 Å². The van der Waals surface area contributed by atoms with Crippen LogP contribution in [0.15, 0.2) is 27.6 Å². The van der Waals surface area contributed by atoms with Crippen LogP contribution in [0.2, 0.25) is 0 Å². The summed E-state index contributed by atoms with van der Waals surface area (Å²) in [4.78, 5) is 2.43. The van der Waals surface area contributed by atoms with E-state index in [-0.39, 0.29) is 10.9 Å². The number of piperazine rings is 1. The molecule has 0 unspecified atom stereocenters. The fourth-order valence-electron chi connectivity index (χ4n) is 3.01. The van der Waals surface area contributed by atoms with E-state index < -0.39 is 16.1 Å². The Hall–Kier alpha value is -0.670. The predicted molar refractivity (Wildman–Crippen MR) is 96.8 cm³/mol. The SMILES string of the molecule is CC[C@@H]1CN(S(=O)(=O)c2ccc(OC)c(Br)c2)CCN1C[C@H](C)O. The van der Waals surface area contributed by atoms with Crippen LogP contribution in [0.5, 0.6) is 5.75 Å². The lowest BCUT2D eigenvalue weighted by atomic mass is 10.1. The second-order valence-electron chi connectivity index (χ2n) is 6.07. The van der Waals surface area contributed by atoms with Gasteiger partial charge >= 0.3 is 0 Å². The minimum absolute atomic E-state index is 0.116. The summed E-state index contributed by atoms with van der Waals surface area (Å²) in [6.07, 6.45) is 0.421. The van der Waals surface area contributed by atoms with Gasteiger partial charge in [0.05, 0.1) is 22.6 Å². The van der Waals surface area contributed by atoms with Crippen molar-refractivity contribution in [1.82, 2.24) is 9.21 Å². The average Bonchev–Trinajstić information content (AvgIpc) is 2.54. The zero-order chi connectivity index (χ0) is 17.9. The van der Waals surface area contributed by atoms with E-state index in [0.29, 0.717) is 36.4 Å². The molecule has 1 aliphatic rings. The van der Waals surface area contributed by atoms with Crippen molar-refractivity contribution < 1.29 is 18.3 Å². The molecule has 0 aromatic heterocycles. The first-order valence-electron chi connectivity index (χ1n) is 8.05. The molecule has 8 heteroatoms. The fraction of sp³-hybridized carbons (Fsp3) is 0.625. The maximum atomic E-state index is 12.9. The van der Waals surface area contributed by atoms with Gasteiger partial charge in [0, 0.05) is 32.2 Å². The molecule has 136 valence electrons. The highest BCUT2D eigenvalue weighted by atomic mass is 79.9. The van der Waals surface area contributed by atoms with Crippen molar-refractivity contribution >= 4 is 26.0 Å². The Morgan fingerprint density at radius 2 is 2.12 bits per heavy atom. The molecule has 6 nitrogen and oxygen atoms in total. The second-order valence-corrected chi connectivity index (χ2v) is 8.86. The minimum Gasteiger partial charge on any atom is -0.496 e. The highest BCUT2D eigenvalue weighted by molar-refractivity contribution is 9.10. The number of rotatable bonds is 6. The van der Waals surface area contributed by atoms with Crippen molar-refractivity contribution in [2.24, 2.45) is 0 Å². The molecule has 24 heavy (non-hydrogen) atoms. The molecule has 0 spiro atoms. The summed E-state index contributed by atoms with van der Waals surface area (Å²) in [5.74, 6) is 0.599. The smallest absolute Gasteiger partial charge is 0.243 e. The lowest BCUT2D eigenvalue weighted by Crippen LogP contribution is -2.55. The molecule has 0 aliphatic carbocycles. The minimum atomic E-state index is -3.55. The first kappa shape index (κ1) is 19.7. The summed E-state index contributed by atoms with van der Waals surface area (Å²) in [6.45, 7) is 5.86. The molecule has 1 heterocycles. The van der Waals surface area contributed by atoms with Crippen LogP contribution in [0.1, 0.15) is 20.3 Å². The summed E-state index contributed by atoms with van der Waals surface area (Å²) >= 11 is 3.34. The first-order chi connectivity index (χ1) is 11.3. The Morgan fingerprint density at radius 3 is 2.67 bits per heavy atom. The van der Waals surface area contributed by atoms with E-state index in [9.17, 15) is 13.5 Å². The molecule has 1 aliphatic heterocycles. The number of benzene rings is 1. The van der Waals surface area contributed by atoms with Gasteiger partial charge < -0.3 is 9.84 Å². The Bertz CT molecular complexity index is 666. The van der Waals surface area contributed by atoms with Gasteiger partial charge in [0.1, 0.15) is 5.75 Å². The fourth-order valence-corrected chi connectivity index (χ4v) is 5.19.